The molecular weight excluding hydrogens is 242 g/mol. The van der Waals surface area contributed by atoms with Crippen LogP contribution in [0.3, 0.4) is 0 Å². The zero-order chi connectivity index (χ0) is 13.9. The lowest BCUT2D eigenvalue weighted by Crippen LogP contribution is -2.43. The molecule has 104 valence electrons. The number of carbonyl (C=O) groups is 1. The van der Waals surface area contributed by atoms with Crippen LogP contribution in [0.2, 0.25) is 0 Å². The van der Waals surface area contributed by atoms with Crippen LogP contribution < -0.4 is 5.32 Å². The fraction of sp³-hybridized carbons (Fsp3) is 0.533. The molecule has 1 amide bonds. The summed E-state index contributed by atoms with van der Waals surface area (Å²) in [6, 6.07) is 9.99. The van der Waals surface area contributed by atoms with E-state index in [-0.39, 0.29) is 23.8 Å². The van der Waals surface area contributed by atoms with Gasteiger partial charge in [-0.15, -0.1) is 0 Å². The fourth-order valence-electron chi connectivity index (χ4n) is 1.84. The lowest BCUT2D eigenvalue weighted by Gasteiger charge is -2.23. The average molecular weight is 263 g/mol. The second kappa shape index (κ2) is 5.61. The first-order chi connectivity index (χ1) is 8.94. The Bertz CT molecular complexity index is 421. The summed E-state index contributed by atoms with van der Waals surface area (Å²) in [5.74, 6) is 0. The predicted octanol–water partition coefficient (Wildman–Crippen LogP) is 2.52. The van der Waals surface area contributed by atoms with Crippen molar-refractivity contribution in [1.82, 2.24) is 5.32 Å². The molecule has 19 heavy (non-hydrogen) atoms. The van der Waals surface area contributed by atoms with Gasteiger partial charge in [-0.3, -0.25) is 0 Å². The van der Waals surface area contributed by atoms with Gasteiger partial charge in [-0.25, -0.2) is 4.79 Å². The van der Waals surface area contributed by atoms with E-state index in [2.05, 4.69) is 5.32 Å². The van der Waals surface area contributed by atoms with Crippen molar-refractivity contribution >= 4 is 6.09 Å². The summed E-state index contributed by atoms with van der Waals surface area (Å²) < 4.78 is 10.7. The van der Waals surface area contributed by atoms with Gasteiger partial charge in [0, 0.05) is 12.0 Å². The number of ether oxygens (including phenoxy) is 2. The highest BCUT2D eigenvalue weighted by Gasteiger charge is 2.36. The predicted molar refractivity (Wildman–Crippen MR) is 73.0 cm³/mol. The van der Waals surface area contributed by atoms with Gasteiger partial charge in [0.25, 0.3) is 0 Å². The van der Waals surface area contributed by atoms with E-state index >= 15 is 0 Å². The largest absolute Gasteiger partial charge is 0.443 e. The Hall–Kier alpha value is -1.55. The Labute approximate surface area is 114 Å². The van der Waals surface area contributed by atoms with Gasteiger partial charge < -0.3 is 14.8 Å². The van der Waals surface area contributed by atoms with Gasteiger partial charge >= 0.3 is 6.09 Å². The molecule has 0 radical (unpaired) electrons. The molecule has 1 aliphatic rings. The minimum atomic E-state index is -0.385. The van der Waals surface area contributed by atoms with Crippen molar-refractivity contribution in [2.75, 3.05) is 6.61 Å². The summed E-state index contributed by atoms with van der Waals surface area (Å²) >= 11 is 0. The molecule has 4 nitrogen and oxygen atoms in total. The van der Waals surface area contributed by atoms with E-state index in [1.807, 2.05) is 51.1 Å². The third kappa shape index (κ3) is 4.91. The first kappa shape index (κ1) is 13.9. The molecule has 4 heteroatoms. The monoisotopic (exact) mass is 263 g/mol. The maximum absolute atomic E-state index is 11.8. The van der Waals surface area contributed by atoms with E-state index in [1.165, 1.54) is 0 Å². The van der Waals surface area contributed by atoms with Crippen LogP contribution in [0.4, 0.5) is 4.79 Å². The molecule has 2 rings (SSSR count). The summed E-state index contributed by atoms with van der Waals surface area (Å²) in [5, 5.41) is 2.80. The number of benzene rings is 1. The number of alkyl carbamates (subject to hydrolysis) is 1. The third-order valence-electron chi connectivity index (χ3n) is 2.79. The SMILES string of the molecule is CC(C)(C)NC(=O)O[C@H](Cc1ccccc1)[C@@H]1CO1. The van der Waals surface area contributed by atoms with Crippen molar-refractivity contribution in [3.63, 3.8) is 0 Å². The van der Waals surface area contributed by atoms with Gasteiger partial charge in [0.15, 0.2) is 0 Å². The number of amides is 1. The number of hydrogen-bond acceptors (Lipinski definition) is 3. The highest BCUT2D eigenvalue weighted by atomic mass is 16.6. The van der Waals surface area contributed by atoms with E-state index in [0.29, 0.717) is 13.0 Å². The van der Waals surface area contributed by atoms with Gasteiger partial charge in [-0.2, -0.15) is 0 Å². The maximum atomic E-state index is 11.8. The van der Waals surface area contributed by atoms with Crippen LogP contribution in [0, 0.1) is 0 Å². The van der Waals surface area contributed by atoms with Crippen molar-refractivity contribution in [2.24, 2.45) is 0 Å². The second-order valence-electron chi connectivity index (χ2n) is 5.88. The van der Waals surface area contributed by atoms with Gasteiger partial charge in [-0.1, -0.05) is 30.3 Å². The molecule has 0 bridgehead atoms. The molecule has 1 saturated heterocycles. The second-order valence-corrected chi connectivity index (χ2v) is 5.88. The van der Waals surface area contributed by atoms with E-state index in [9.17, 15) is 4.79 Å². The topological polar surface area (TPSA) is 50.9 Å². The third-order valence-corrected chi connectivity index (χ3v) is 2.79. The molecule has 0 aliphatic carbocycles. The highest BCUT2D eigenvalue weighted by molar-refractivity contribution is 5.68. The van der Waals surface area contributed by atoms with E-state index < -0.39 is 0 Å². The van der Waals surface area contributed by atoms with Crippen LogP contribution in [0.25, 0.3) is 0 Å². The summed E-state index contributed by atoms with van der Waals surface area (Å²) in [6.45, 7) is 6.44. The van der Waals surface area contributed by atoms with Crippen LogP contribution in [0.5, 0.6) is 0 Å². The van der Waals surface area contributed by atoms with Crippen molar-refractivity contribution in [3.05, 3.63) is 35.9 Å². The first-order valence-corrected chi connectivity index (χ1v) is 6.58. The zero-order valence-electron chi connectivity index (χ0n) is 11.7. The Morgan fingerprint density at radius 1 is 1.42 bits per heavy atom. The van der Waals surface area contributed by atoms with Crippen LogP contribution in [0.15, 0.2) is 30.3 Å². The molecule has 1 aliphatic heterocycles. The molecule has 0 unspecified atom stereocenters. The number of nitrogens with one attached hydrogen (secondary N) is 1. The Morgan fingerprint density at radius 3 is 2.58 bits per heavy atom. The van der Waals surface area contributed by atoms with Gasteiger partial charge in [0.05, 0.1) is 6.61 Å². The molecule has 1 aromatic rings. The van der Waals surface area contributed by atoms with Gasteiger partial charge in [0.1, 0.15) is 12.2 Å². The Morgan fingerprint density at radius 2 is 2.05 bits per heavy atom. The lowest BCUT2D eigenvalue weighted by molar-refractivity contribution is 0.0740. The number of epoxide rings is 1. The fourth-order valence-corrected chi connectivity index (χ4v) is 1.84. The quantitative estimate of drug-likeness (QED) is 0.849. The lowest BCUT2D eigenvalue weighted by atomic mass is 10.1. The van der Waals surface area contributed by atoms with Crippen molar-refractivity contribution in [2.45, 2.75) is 44.9 Å². The molecule has 0 saturated carbocycles. The molecule has 0 spiro atoms. The van der Waals surface area contributed by atoms with Gasteiger partial charge in [-0.05, 0) is 26.3 Å². The standard InChI is InChI=1S/C15H21NO3/c1-15(2,3)16-14(17)19-12(13-10-18-13)9-11-7-5-4-6-8-11/h4-8,12-13H,9-10H2,1-3H3,(H,16,17)/t12-,13+/m1/s1. The van der Waals surface area contributed by atoms with Crippen LogP contribution in [-0.4, -0.2) is 30.4 Å². The Kier molecular flexibility index (Phi) is 4.10. The number of carbonyl (C=O) groups excluding carboxylic acids is 1. The zero-order valence-corrected chi connectivity index (χ0v) is 11.7. The average Bonchev–Trinajstić information content (AvgIpc) is 3.10. The van der Waals surface area contributed by atoms with E-state index in [0.717, 1.165) is 5.56 Å². The summed E-state index contributed by atoms with van der Waals surface area (Å²) in [6.07, 6.45) is 0.114. The molecule has 2 atom stereocenters. The highest BCUT2D eigenvalue weighted by Crippen LogP contribution is 2.21. The summed E-state index contributed by atoms with van der Waals surface area (Å²) in [4.78, 5) is 11.8. The van der Waals surface area contributed by atoms with Crippen LogP contribution in [-0.2, 0) is 15.9 Å². The normalized spacial score (nSPS) is 19.6. The van der Waals surface area contributed by atoms with Crippen molar-refractivity contribution in [1.29, 1.82) is 0 Å². The number of hydrogen-bond donors (Lipinski definition) is 1. The first-order valence-electron chi connectivity index (χ1n) is 6.58. The van der Waals surface area contributed by atoms with E-state index in [4.69, 9.17) is 9.47 Å². The van der Waals surface area contributed by atoms with Crippen molar-refractivity contribution in [3.8, 4) is 0 Å². The smallest absolute Gasteiger partial charge is 0.407 e. The molecule has 0 aromatic heterocycles. The van der Waals surface area contributed by atoms with Gasteiger partial charge in [0.2, 0.25) is 0 Å². The van der Waals surface area contributed by atoms with Crippen molar-refractivity contribution < 1.29 is 14.3 Å². The molecule has 1 N–H and O–H groups in total. The minimum Gasteiger partial charge on any atom is -0.443 e. The molecular formula is C15H21NO3. The summed E-state index contributed by atoms with van der Waals surface area (Å²) in [5.41, 5.74) is 0.852. The Balaban J connectivity index is 1.92. The van der Waals surface area contributed by atoms with E-state index in [1.54, 1.807) is 0 Å². The summed E-state index contributed by atoms with van der Waals surface area (Å²) in [7, 11) is 0. The molecule has 1 aromatic carbocycles. The number of rotatable bonds is 4. The van der Waals surface area contributed by atoms with Crippen LogP contribution >= 0.6 is 0 Å². The van der Waals surface area contributed by atoms with Crippen LogP contribution in [0.1, 0.15) is 26.3 Å². The molecule has 1 fully saturated rings. The maximum Gasteiger partial charge on any atom is 0.407 e. The minimum absolute atomic E-state index is 0.0333. The molecule has 1 heterocycles.